The second kappa shape index (κ2) is 7.40. The second-order valence-corrected chi connectivity index (χ2v) is 14.7. The van der Waals surface area contributed by atoms with Crippen molar-refractivity contribution in [2.24, 2.45) is 0 Å². The van der Waals surface area contributed by atoms with Crippen molar-refractivity contribution in [3.63, 3.8) is 0 Å². The monoisotopic (exact) mass is 397 g/mol. The fraction of sp³-hybridized carbons (Fsp3) is 0.542. The van der Waals surface area contributed by atoms with Crippen LogP contribution in [-0.4, -0.2) is 24.3 Å². The number of aromatic nitrogens is 1. The van der Waals surface area contributed by atoms with Crippen LogP contribution in [0.3, 0.4) is 0 Å². The summed E-state index contributed by atoms with van der Waals surface area (Å²) in [6.07, 6.45) is 1.61. The van der Waals surface area contributed by atoms with Crippen molar-refractivity contribution in [3.05, 3.63) is 54.2 Å². The second-order valence-electron chi connectivity index (χ2n) is 9.60. The van der Waals surface area contributed by atoms with Gasteiger partial charge in [-0.1, -0.05) is 63.2 Å². The van der Waals surface area contributed by atoms with E-state index in [4.69, 9.17) is 14.5 Å². The van der Waals surface area contributed by atoms with E-state index in [9.17, 15) is 0 Å². The van der Waals surface area contributed by atoms with E-state index in [2.05, 4.69) is 91.8 Å². The molecule has 0 aliphatic carbocycles. The van der Waals surface area contributed by atoms with Gasteiger partial charge < -0.3 is 9.47 Å². The van der Waals surface area contributed by atoms with Crippen LogP contribution in [0.1, 0.15) is 67.2 Å². The van der Waals surface area contributed by atoms with Crippen molar-refractivity contribution >= 4 is 18.6 Å². The number of hydrogen-bond acceptors (Lipinski definition) is 3. The standard InChI is InChI=1S/C24H35NO2Si/c1-17(2)28(18(3)4,21-11-9-10-16-25-21)20-14-12-19(13-15-20)22-26-23(5,6)24(7,8)27-22/h9-18,22H,1-8H3. The predicted molar refractivity (Wildman–Crippen MR) is 119 cm³/mol. The molecule has 0 bridgehead atoms. The van der Waals surface area contributed by atoms with Gasteiger partial charge in [-0.2, -0.15) is 0 Å². The number of benzene rings is 1. The summed E-state index contributed by atoms with van der Waals surface area (Å²) in [5.41, 5.74) is 1.53. The maximum atomic E-state index is 6.23. The van der Waals surface area contributed by atoms with Gasteiger partial charge in [0.05, 0.1) is 11.2 Å². The maximum Gasteiger partial charge on any atom is 0.185 e. The lowest BCUT2D eigenvalue weighted by Gasteiger charge is -2.39. The van der Waals surface area contributed by atoms with Gasteiger partial charge in [-0.25, -0.2) is 0 Å². The minimum absolute atomic E-state index is 0.317. The molecule has 1 aromatic carbocycles. The van der Waals surface area contributed by atoms with Gasteiger partial charge in [-0.3, -0.25) is 4.98 Å². The molecule has 0 N–H and O–H groups in total. The first-order chi connectivity index (χ1) is 13.0. The summed E-state index contributed by atoms with van der Waals surface area (Å²) in [5.74, 6) is 0. The van der Waals surface area contributed by atoms with E-state index in [1.54, 1.807) is 0 Å². The minimum Gasteiger partial charge on any atom is -0.339 e. The Kier molecular flexibility index (Phi) is 5.61. The summed E-state index contributed by atoms with van der Waals surface area (Å²) in [6, 6.07) is 15.3. The zero-order chi connectivity index (χ0) is 20.7. The SMILES string of the molecule is CC(C)[Si](c1ccc(C2OC(C)(C)C(C)(C)O2)cc1)(c1ccccn1)C(C)C. The molecule has 0 radical (unpaired) electrons. The smallest absolute Gasteiger partial charge is 0.185 e. The van der Waals surface area contributed by atoms with E-state index in [1.165, 1.54) is 10.5 Å². The molecular formula is C24H35NO2Si. The highest BCUT2D eigenvalue weighted by Gasteiger charge is 2.50. The summed E-state index contributed by atoms with van der Waals surface area (Å²) in [4.78, 5) is 4.82. The number of nitrogens with zero attached hydrogens (tertiary/aromatic N) is 1. The topological polar surface area (TPSA) is 31.4 Å². The van der Waals surface area contributed by atoms with Gasteiger partial charge in [-0.15, -0.1) is 0 Å². The fourth-order valence-corrected chi connectivity index (χ4v) is 10.1. The van der Waals surface area contributed by atoms with Crippen molar-refractivity contribution in [2.75, 3.05) is 0 Å². The molecule has 0 saturated carbocycles. The maximum absolute atomic E-state index is 6.23. The molecule has 28 heavy (non-hydrogen) atoms. The number of pyridine rings is 1. The molecule has 1 fully saturated rings. The first-order valence-electron chi connectivity index (χ1n) is 10.4. The molecule has 1 aliphatic heterocycles. The number of hydrogen-bond donors (Lipinski definition) is 0. The van der Waals surface area contributed by atoms with Crippen molar-refractivity contribution in [1.29, 1.82) is 0 Å². The van der Waals surface area contributed by atoms with Crippen molar-refractivity contribution < 1.29 is 9.47 Å². The van der Waals surface area contributed by atoms with Crippen LogP contribution in [0.4, 0.5) is 0 Å². The highest BCUT2D eigenvalue weighted by molar-refractivity contribution is 7.03. The average molecular weight is 398 g/mol. The third-order valence-corrected chi connectivity index (χ3v) is 12.9. The van der Waals surface area contributed by atoms with E-state index in [0.717, 1.165) is 5.56 Å². The Morgan fingerprint density at radius 1 is 0.821 bits per heavy atom. The molecule has 2 aromatic rings. The zero-order valence-electron chi connectivity index (χ0n) is 18.6. The molecule has 0 atom stereocenters. The molecule has 0 spiro atoms. The molecule has 2 heterocycles. The highest BCUT2D eigenvalue weighted by Crippen LogP contribution is 2.44. The minimum atomic E-state index is -2.01. The largest absolute Gasteiger partial charge is 0.339 e. The quantitative estimate of drug-likeness (QED) is 0.660. The Labute approximate surface area is 171 Å². The average Bonchev–Trinajstić information content (AvgIpc) is 2.84. The van der Waals surface area contributed by atoms with Crippen LogP contribution in [-0.2, 0) is 9.47 Å². The van der Waals surface area contributed by atoms with Crippen LogP contribution >= 0.6 is 0 Å². The van der Waals surface area contributed by atoms with Gasteiger partial charge in [0.25, 0.3) is 0 Å². The van der Waals surface area contributed by atoms with Gasteiger partial charge >= 0.3 is 0 Å². The zero-order valence-corrected chi connectivity index (χ0v) is 19.6. The summed E-state index contributed by atoms with van der Waals surface area (Å²) in [7, 11) is -2.01. The molecule has 1 saturated heterocycles. The Bertz CT molecular complexity index is 773. The molecule has 0 amide bonds. The van der Waals surface area contributed by atoms with Gasteiger partial charge in [-0.05, 0) is 50.9 Å². The Morgan fingerprint density at radius 3 is 1.79 bits per heavy atom. The van der Waals surface area contributed by atoms with E-state index >= 15 is 0 Å². The van der Waals surface area contributed by atoms with Crippen LogP contribution in [0.5, 0.6) is 0 Å². The Balaban J connectivity index is 2.01. The fourth-order valence-electron chi connectivity index (χ4n) is 4.58. The molecule has 0 unspecified atom stereocenters. The first kappa shape index (κ1) is 21.2. The van der Waals surface area contributed by atoms with Gasteiger partial charge in [0.15, 0.2) is 6.29 Å². The van der Waals surface area contributed by atoms with Crippen molar-refractivity contribution in [3.8, 4) is 0 Å². The van der Waals surface area contributed by atoms with Crippen LogP contribution < -0.4 is 10.5 Å². The van der Waals surface area contributed by atoms with Crippen LogP contribution in [0.15, 0.2) is 48.7 Å². The molecule has 1 aliphatic rings. The van der Waals surface area contributed by atoms with Crippen molar-refractivity contribution in [2.45, 2.75) is 84.0 Å². The lowest BCUT2D eigenvalue weighted by molar-refractivity contribution is -0.0895. The molecule has 3 rings (SSSR count). The molecule has 3 nitrogen and oxygen atoms in total. The number of ether oxygens (including phenoxy) is 2. The summed E-state index contributed by atoms with van der Waals surface area (Å²) >= 11 is 0. The highest BCUT2D eigenvalue weighted by atomic mass is 28.3. The summed E-state index contributed by atoms with van der Waals surface area (Å²) in [6.45, 7) is 17.8. The summed E-state index contributed by atoms with van der Waals surface area (Å²) in [5, 5.41) is 2.69. The molecular weight excluding hydrogens is 362 g/mol. The Morgan fingerprint density at radius 2 is 1.36 bits per heavy atom. The summed E-state index contributed by atoms with van der Waals surface area (Å²) < 4.78 is 12.5. The molecule has 1 aromatic heterocycles. The van der Waals surface area contributed by atoms with E-state index in [1.807, 2.05) is 12.3 Å². The lowest BCUT2D eigenvalue weighted by atomic mass is 9.90. The molecule has 152 valence electrons. The van der Waals surface area contributed by atoms with Gasteiger partial charge in [0, 0.05) is 17.1 Å². The van der Waals surface area contributed by atoms with Crippen LogP contribution in [0.2, 0.25) is 11.1 Å². The molecule has 4 heteroatoms. The van der Waals surface area contributed by atoms with Crippen LogP contribution in [0.25, 0.3) is 0 Å². The third kappa shape index (κ3) is 3.36. The van der Waals surface area contributed by atoms with Gasteiger partial charge in [0.1, 0.15) is 8.07 Å². The normalized spacial score (nSPS) is 19.5. The lowest BCUT2D eigenvalue weighted by Crippen LogP contribution is -2.63. The van der Waals surface area contributed by atoms with E-state index in [-0.39, 0.29) is 17.5 Å². The third-order valence-electron chi connectivity index (χ3n) is 6.82. The van der Waals surface area contributed by atoms with Crippen molar-refractivity contribution in [1.82, 2.24) is 4.98 Å². The van der Waals surface area contributed by atoms with Crippen LogP contribution in [0, 0.1) is 0 Å². The predicted octanol–water partition coefficient (Wildman–Crippen LogP) is 5.07. The van der Waals surface area contributed by atoms with E-state index < -0.39 is 8.07 Å². The van der Waals surface area contributed by atoms with E-state index in [0.29, 0.717) is 11.1 Å². The number of rotatable bonds is 5. The Hall–Kier alpha value is -1.49. The van der Waals surface area contributed by atoms with Gasteiger partial charge in [0.2, 0.25) is 0 Å². The first-order valence-corrected chi connectivity index (χ1v) is 12.6.